The third-order valence-electron chi connectivity index (χ3n) is 2.57. The van der Waals surface area contributed by atoms with Crippen LogP contribution in [0.5, 0.6) is 0 Å². The molecule has 0 amide bonds. The number of nitrogen functional groups attached to an aromatic ring is 1. The molecule has 0 saturated heterocycles. The van der Waals surface area contributed by atoms with Crippen LogP contribution in [0.3, 0.4) is 0 Å². The van der Waals surface area contributed by atoms with E-state index in [0.717, 1.165) is 20.1 Å². The average molecular weight is 461 g/mol. The molecule has 2 rings (SSSR count). The Balaban J connectivity index is 2.48. The van der Waals surface area contributed by atoms with E-state index in [4.69, 9.17) is 17.3 Å². The minimum Gasteiger partial charge on any atom is -0.397 e. The number of rotatable bonds is 3. The van der Waals surface area contributed by atoms with Gasteiger partial charge in [0.05, 0.1) is 20.2 Å². The second-order valence-corrected chi connectivity index (χ2v) is 9.75. The summed E-state index contributed by atoms with van der Waals surface area (Å²) < 4.78 is 27.7. The molecule has 0 radical (unpaired) electrons. The van der Waals surface area contributed by atoms with Gasteiger partial charge in [0, 0.05) is 11.5 Å². The smallest absolute Gasteiger partial charge is 0.273 e. The van der Waals surface area contributed by atoms with E-state index in [1.165, 1.54) is 13.1 Å². The Kier molecular flexibility index (Phi) is 4.70. The maximum absolute atomic E-state index is 12.5. The van der Waals surface area contributed by atoms with Crippen molar-refractivity contribution in [3.05, 3.63) is 37.5 Å². The lowest BCUT2D eigenvalue weighted by Gasteiger charge is -2.20. The highest BCUT2D eigenvalue weighted by atomic mass is 79.9. The lowest BCUT2D eigenvalue weighted by atomic mass is 10.3. The number of hydrogen-bond acceptors (Lipinski definition) is 4. The van der Waals surface area contributed by atoms with Crippen LogP contribution in [0.25, 0.3) is 0 Å². The van der Waals surface area contributed by atoms with Crippen molar-refractivity contribution in [1.82, 2.24) is 0 Å². The van der Waals surface area contributed by atoms with E-state index in [1.54, 1.807) is 18.2 Å². The molecule has 0 aliphatic carbocycles. The summed E-state index contributed by atoms with van der Waals surface area (Å²) in [5.41, 5.74) is 6.64. The second-order valence-electron chi connectivity index (χ2n) is 3.86. The van der Waals surface area contributed by atoms with Gasteiger partial charge in [-0.2, -0.15) is 0 Å². The Morgan fingerprint density at radius 1 is 1.30 bits per heavy atom. The van der Waals surface area contributed by atoms with Crippen molar-refractivity contribution >= 4 is 76.2 Å². The number of anilines is 2. The molecule has 20 heavy (non-hydrogen) atoms. The van der Waals surface area contributed by atoms with E-state index in [9.17, 15) is 8.42 Å². The SMILES string of the molecule is CN(c1ccc(Br)cc1N)S(=O)(=O)c1cc(Cl)c(Br)s1. The zero-order valence-electron chi connectivity index (χ0n) is 10.1. The van der Waals surface area contributed by atoms with Crippen molar-refractivity contribution in [2.75, 3.05) is 17.1 Å². The Hall–Kier alpha value is -0.280. The molecule has 0 aliphatic heterocycles. The first kappa shape index (κ1) is 16.1. The summed E-state index contributed by atoms with van der Waals surface area (Å²) in [5.74, 6) is 0. The highest BCUT2D eigenvalue weighted by molar-refractivity contribution is 9.11. The van der Waals surface area contributed by atoms with Crippen LogP contribution in [0.4, 0.5) is 11.4 Å². The minimum absolute atomic E-state index is 0.152. The average Bonchev–Trinajstić information content (AvgIpc) is 2.69. The van der Waals surface area contributed by atoms with Crippen LogP contribution in [-0.2, 0) is 10.0 Å². The quantitative estimate of drug-likeness (QED) is 0.694. The van der Waals surface area contributed by atoms with Gasteiger partial charge in [-0.1, -0.05) is 27.5 Å². The van der Waals surface area contributed by atoms with Crippen molar-refractivity contribution in [3.8, 4) is 0 Å². The van der Waals surface area contributed by atoms with Crippen molar-refractivity contribution < 1.29 is 8.42 Å². The summed E-state index contributed by atoms with van der Waals surface area (Å²) in [7, 11) is -2.23. The van der Waals surface area contributed by atoms with Crippen LogP contribution in [0.1, 0.15) is 0 Å². The van der Waals surface area contributed by atoms with Gasteiger partial charge in [-0.25, -0.2) is 8.42 Å². The molecule has 2 aromatic rings. The summed E-state index contributed by atoms with van der Waals surface area (Å²) in [5, 5.41) is 0.366. The molecule has 1 aromatic heterocycles. The van der Waals surface area contributed by atoms with E-state index in [-0.39, 0.29) is 4.21 Å². The van der Waals surface area contributed by atoms with Crippen molar-refractivity contribution in [2.24, 2.45) is 0 Å². The number of sulfonamides is 1. The van der Waals surface area contributed by atoms with E-state index < -0.39 is 10.0 Å². The summed E-state index contributed by atoms with van der Waals surface area (Å²) in [6.07, 6.45) is 0. The molecular weight excluding hydrogens is 452 g/mol. The topological polar surface area (TPSA) is 63.4 Å². The maximum atomic E-state index is 12.5. The van der Waals surface area contributed by atoms with Crippen molar-refractivity contribution in [3.63, 3.8) is 0 Å². The largest absolute Gasteiger partial charge is 0.397 e. The number of nitrogens with zero attached hydrogens (tertiary/aromatic N) is 1. The first-order valence-electron chi connectivity index (χ1n) is 5.22. The predicted octanol–water partition coefficient (Wildman–Crippen LogP) is 4.33. The molecule has 0 aliphatic rings. The lowest BCUT2D eigenvalue weighted by Crippen LogP contribution is -2.26. The van der Waals surface area contributed by atoms with E-state index in [0.29, 0.717) is 20.2 Å². The molecule has 1 aromatic carbocycles. The third-order valence-corrected chi connectivity index (χ3v) is 7.75. The molecule has 0 fully saturated rings. The molecule has 0 spiro atoms. The van der Waals surface area contributed by atoms with Crippen LogP contribution < -0.4 is 10.0 Å². The summed E-state index contributed by atoms with van der Waals surface area (Å²) >= 11 is 13.4. The van der Waals surface area contributed by atoms with E-state index in [1.807, 2.05) is 0 Å². The Morgan fingerprint density at radius 3 is 2.45 bits per heavy atom. The Bertz CT molecular complexity index is 742. The predicted molar refractivity (Wildman–Crippen MR) is 91.2 cm³/mol. The summed E-state index contributed by atoms with van der Waals surface area (Å²) in [4.78, 5) is 0. The molecule has 0 atom stereocenters. The molecule has 1 heterocycles. The highest BCUT2D eigenvalue weighted by Crippen LogP contribution is 2.37. The minimum atomic E-state index is -3.69. The summed E-state index contributed by atoms with van der Waals surface area (Å²) in [6, 6.07) is 6.44. The third kappa shape index (κ3) is 2.99. The van der Waals surface area contributed by atoms with Gasteiger partial charge in [-0.05, 0) is 40.2 Å². The van der Waals surface area contributed by atoms with Gasteiger partial charge in [0.2, 0.25) is 0 Å². The Labute approximate surface area is 142 Å². The number of nitrogens with two attached hydrogens (primary N) is 1. The Morgan fingerprint density at radius 2 is 1.95 bits per heavy atom. The van der Waals surface area contributed by atoms with Crippen LogP contribution in [0, 0.1) is 0 Å². The van der Waals surface area contributed by atoms with Crippen molar-refractivity contribution in [2.45, 2.75) is 4.21 Å². The summed E-state index contributed by atoms with van der Waals surface area (Å²) in [6.45, 7) is 0. The van der Waals surface area contributed by atoms with Gasteiger partial charge in [-0.15, -0.1) is 11.3 Å². The highest BCUT2D eigenvalue weighted by Gasteiger charge is 2.25. The van der Waals surface area contributed by atoms with Gasteiger partial charge in [0.25, 0.3) is 10.0 Å². The molecule has 4 nitrogen and oxygen atoms in total. The molecule has 0 unspecified atom stereocenters. The maximum Gasteiger partial charge on any atom is 0.273 e. The fraction of sp³-hybridized carbons (Fsp3) is 0.0909. The normalized spacial score (nSPS) is 11.6. The van der Waals surface area contributed by atoms with Gasteiger partial charge in [0.1, 0.15) is 4.21 Å². The number of halogens is 3. The van der Waals surface area contributed by atoms with Crippen LogP contribution in [0.15, 0.2) is 36.7 Å². The van der Waals surface area contributed by atoms with Gasteiger partial charge < -0.3 is 5.73 Å². The van der Waals surface area contributed by atoms with Gasteiger partial charge in [-0.3, -0.25) is 4.31 Å². The zero-order chi connectivity index (χ0) is 15.1. The molecule has 108 valence electrons. The number of thiophene rings is 1. The molecule has 0 bridgehead atoms. The zero-order valence-corrected chi connectivity index (χ0v) is 15.7. The fourth-order valence-electron chi connectivity index (χ4n) is 1.53. The first-order valence-corrected chi connectivity index (χ1v) is 9.44. The van der Waals surface area contributed by atoms with Crippen LogP contribution in [0.2, 0.25) is 5.02 Å². The monoisotopic (exact) mass is 458 g/mol. The molecule has 9 heteroatoms. The number of hydrogen-bond donors (Lipinski definition) is 1. The van der Waals surface area contributed by atoms with E-state index in [2.05, 4.69) is 31.9 Å². The van der Waals surface area contributed by atoms with Crippen LogP contribution in [-0.4, -0.2) is 15.5 Å². The number of benzene rings is 1. The van der Waals surface area contributed by atoms with Crippen molar-refractivity contribution in [1.29, 1.82) is 0 Å². The molecule has 2 N–H and O–H groups in total. The first-order chi connectivity index (χ1) is 9.23. The standard InChI is InChI=1S/C11H9Br2ClN2O2S2/c1-16(9-3-2-6(12)4-8(9)15)20(17,18)10-5-7(14)11(13)19-10/h2-5H,15H2,1H3. The van der Waals surface area contributed by atoms with Crippen LogP contribution >= 0.6 is 54.8 Å². The lowest BCUT2D eigenvalue weighted by molar-refractivity contribution is 0.596. The van der Waals surface area contributed by atoms with Gasteiger partial charge in [0.15, 0.2) is 0 Å². The van der Waals surface area contributed by atoms with Gasteiger partial charge >= 0.3 is 0 Å². The second kappa shape index (κ2) is 5.84. The fourth-order valence-corrected chi connectivity index (χ4v) is 5.70. The van der Waals surface area contributed by atoms with E-state index >= 15 is 0 Å². The molecular formula is C11H9Br2ClN2O2S2. The molecule has 0 saturated carbocycles.